The summed E-state index contributed by atoms with van der Waals surface area (Å²) in [5, 5.41) is 0. The molecule has 0 aliphatic carbocycles. The van der Waals surface area contributed by atoms with E-state index in [0.717, 1.165) is 31.7 Å². The summed E-state index contributed by atoms with van der Waals surface area (Å²) in [5.41, 5.74) is 0.213. The van der Waals surface area contributed by atoms with Crippen molar-refractivity contribution >= 4 is 20.2 Å². The third kappa shape index (κ3) is 12.9. The quantitative estimate of drug-likeness (QED) is 0.173. The van der Waals surface area contributed by atoms with Gasteiger partial charge in [-0.25, -0.2) is 16.8 Å². The molecule has 2 rings (SSSR count). The molecule has 2 aromatic rings. The minimum Gasteiger partial charge on any atom is -0.744 e. The van der Waals surface area contributed by atoms with E-state index in [1.165, 1.54) is 32.1 Å². The van der Waals surface area contributed by atoms with E-state index >= 15 is 0 Å². The molecule has 184 valence electrons. The molecule has 0 saturated heterocycles. The van der Waals surface area contributed by atoms with Crippen LogP contribution in [-0.2, 0) is 26.7 Å². The third-order valence-electron chi connectivity index (χ3n) is 5.43. The standard InChI is InChI=1S/C24H34O7S2.2Na/c1-2-3-4-5-6-7-8-9-10-12-15-20-18-22(32(25,26)27)19-23(33(28,29)30)24(20)31-21-16-13-11-14-17-21;;/h11,13-14,16-19H,2-10,12,15H2,1H3,(H,25,26,27)(H,28,29,30);;/q;2*+1/p-2. The molecule has 0 saturated carbocycles. The van der Waals surface area contributed by atoms with Crippen molar-refractivity contribution in [2.75, 3.05) is 0 Å². The molecule has 0 unspecified atom stereocenters. The predicted octanol–water partition coefficient (Wildman–Crippen LogP) is -0.241. The van der Waals surface area contributed by atoms with Gasteiger partial charge in [0.15, 0.2) is 0 Å². The molecule has 11 heteroatoms. The summed E-state index contributed by atoms with van der Waals surface area (Å²) in [5.74, 6) is 0.0731. The number of hydrogen-bond donors (Lipinski definition) is 0. The van der Waals surface area contributed by atoms with Crippen LogP contribution in [0, 0.1) is 0 Å². The van der Waals surface area contributed by atoms with Crippen LogP contribution in [0.5, 0.6) is 11.5 Å². The first kappa shape index (κ1) is 35.1. The van der Waals surface area contributed by atoms with Gasteiger partial charge >= 0.3 is 59.1 Å². The number of rotatable bonds is 15. The molecule has 0 spiro atoms. The van der Waals surface area contributed by atoms with Crippen molar-refractivity contribution in [2.24, 2.45) is 0 Å². The Morgan fingerprint density at radius 2 is 1.23 bits per heavy atom. The van der Waals surface area contributed by atoms with Gasteiger partial charge in [-0.1, -0.05) is 82.9 Å². The fourth-order valence-corrected chi connectivity index (χ4v) is 4.97. The second kappa shape index (κ2) is 17.5. The second-order valence-electron chi connectivity index (χ2n) is 8.17. The normalized spacial score (nSPS) is 11.4. The number of aryl methyl sites for hydroxylation is 1. The number of hydrogen-bond acceptors (Lipinski definition) is 7. The minimum atomic E-state index is -5.09. The first-order chi connectivity index (χ1) is 15.6. The zero-order valence-corrected chi connectivity index (χ0v) is 26.6. The minimum absolute atomic E-state index is 0. The van der Waals surface area contributed by atoms with Crippen molar-refractivity contribution in [3.8, 4) is 11.5 Å². The first-order valence-electron chi connectivity index (χ1n) is 11.4. The topological polar surface area (TPSA) is 124 Å². The van der Waals surface area contributed by atoms with Gasteiger partial charge in [-0.05, 0) is 42.7 Å². The molecule has 7 nitrogen and oxygen atoms in total. The number of ether oxygens (including phenoxy) is 1. The Labute approximate surface area is 254 Å². The summed E-state index contributed by atoms with van der Waals surface area (Å²) in [4.78, 5) is -1.59. The number of unbranched alkanes of at least 4 members (excludes halogenated alkanes) is 9. The summed E-state index contributed by atoms with van der Waals surface area (Å²) in [6.45, 7) is 2.19. The Morgan fingerprint density at radius 3 is 1.71 bits per heavy atom. The van der Waals surface area contributed by atoms with Gasteiger partial charge in [0.25, 0.3) is 0 Å². The average Bonchev–Trinajstić information content (AvgIpc) is 2.75. The van der Waals surface area contributed by atoms with E-state index in [2.05, 4.69) is 6.92 Å². The average molecular weight is 543 g/mol. The first-order valence-corrected chi connectivity index (χ1v) is 14.3. The molecule has 0 aliphatic rings. The maximum Gasteiger partial charge on any atom is 1.00 e. The Bertz CT molecular complexity index is 1090. The second-order valence-corrected chi connectivity index (χ2v) is 10.9. The molecule has 0 aromatic heterocycles. The van der Waals surface area contributed by atoms with Gasteiger partial charge in [-0.15, -0.1) is 0 Å². The zero-order valence-electron chi connectivity index (χ0n) is 21.0. The molecular formula is C24H32Na2O7S2. The van der Waals surface area contributed by atoms with Crippen molar-refractivity contribution in [1.29, 1.82) is 0 Å². The van der Waals surface area contributed by atoms with E-state index in [0.29, 0.717) is 18.2 Å². The van der Waals surface area contributed by atoms with Crippen molar-refractivity contribution in [3.63, 3.8) is 0 Å². The summed E-state index contributed by atoms with van der Waals surface area (Å²) in [6, 6.07) is 9.98. The van der Waals surface area contributed by atoms with Crippen molar-refractivity contribution in [1.82, 2.24) is 0 Å². The van der Waals surface area contributed by atoms with Crippen LogP contribution in [0.15, 0.2) is 52.3 Å². The van der Waals surface area contributed by atoms with Crippen LogP contribution < -0.4 is 63.9 Å². The van der Waals surface area contributed by atoms with E-state index < -0.39 is 30.0 Å². The SMILES string of the molecule is CCCCCCCCCCCCc1cc(S(=O)(=O)[O-])cc(S(=O)(=O)[O-])c1Oc1ccccc1.[Na+].[Na+]. The molecule has 0 radical (unpaired) electrons. The maximum atomic E-state index is 11.9. The zero-order chi connectivity index (χ0) is 24.3. The van der Waals surface area contributed by atoms with Gasteiger partial charge in [0, 0.05) is 0 Å². The number of para-hydroxylation sites is 1. The summed E-state index contributed by atoms with van der Waals surface area (Å²) < 4.78 is 76.1. The fraction of sp³-hybridized carbons (Fsp3) is 0.500. The van der Waals surface area contributed by atoms with E-state index in [9.17, 15) is 25.9 Å². The number of benzene rings is 2. The van der Waals surface area contributed by atoms with Crippen molar-refractivity contribution in [3.05, 3.63) is 48.0 Å². The van der Waals surface area contributed by atoms with Crippen LogP contribution in [-0.4, -0.2) is 25.9 Å². The Balaban J connectivity index is 0.00000578. The molecule has 2 aromatic carbocycles. The van der Waals surface area contributed by atoms with E-state index in [-0.39, 0.29) is 76.8 Å². The molecule has 0 fully saturated rings. The molecule has 0 atom stereocenters. The largest absolute Gasteiger partial charge is 1.00 e. The Morgan fingerprint density at radius 1 is 0.714 bits per heavy atom. The van der Waals surface area contributed by atoms with Crippen LogP contribution >= 0.6 is 0 Å². The maximum absolute atomic E-state index is 11.9. The Hall–Kier alpha value is 0.0600. The van der Waals surface area contributed by atoms with E-state index in [4.69, 9.17) is 4.74 Å². The van der Waals surface area contributed by atoms with Crippen molar-refractivity contribution < 1.29 is 89.8 Å². The van der Waals surface area contributed by atoms with Crippen LogP contribution in [0.2, 0.25) is 0 Å². The monoisotopic (exact) mass is 542 g/mol. The summed E-state index contributed by atoms with van der Waals surface area (Å²) >= 11 is 0. The van der Waals surface area contributed by atoms with Crippen molar-refractivity contribution in [2.45, 2.75) is 87.3 Å². The summed E-state index contributed by atoms with van der Waals surface area (Å²) in [7, 11) is -10.0. The molecule has 0 N–H and O–H groups in total. The molecular weight excluding hydrogens is 510 g/mol. The van der Waals surface area contributed by atoms with Crippen LogP contribution in [0.4, 0.5) is 0 Å². The predicted molar refractivity (Wildman–Crippen MR) is 124 cm³/mol. The molecule has 35 heavy (non-hydrogen) atoms. The molecule has 0 bridgehead atoms. The third-order valence-corrected chi connectivity index (χ3v) is 7.08. The molecule has 0 amide bonds. The fourth-order valence-electron chi connectivity index (χ4n) is 3.67. The Kier molecular flexibility index (Phi) is 17.6. The van der Waals surface area contributed by atoms with Crippen LogP contribution in [0.25, 0.3) is 0 Å². The van der Waals surface area contributed by atoms with Gasteiger partial charge < -0.3 is 13.8 Å². The molecule has 0 heterocycles. The van der Waals surface area contributed by atoms with Gasteiger partial charge in [-0.3, -0.25) is 0 Å². The smallest absolute Gasteiger partial charge is 0.744 e. The van der Waals surface area contributed by atoms with Gasteiger partial charge in [-0.2, -0.15) is 0 Å². The van der Waals surface area contributed by atoms with E-state index in [1.807, 2.05) is 0 Å². The van der Waals surface area contributed by atoms with Crippen LogP contribution in [0.3, 0.4) is 0 Å². The van der Waals surface area contributed by atoms with Crippen LogP contribution in [0.1, 0.15) is 76.7 Å². The van der Waals surface area contributed by atoms with Gasteiger partial charge in [0.2, 0.25) is 0 Å². The van der Waals surface area contributed by atoms with Gasteiger partial charge in [0.1, 0.15) is 31.7 Å². The molecule has 0 aliphatic heterocycles. The van der Waals surface area contributed by atoms with E-state index in [1.54, 1.807) is 30.3 Å². The van der Waals surface area contributed by atoms with Gasteiger partial charge in [0.05, 0.1) is 9.79 Å². The summed E-state index contributed by atoms with van der Waals surface area (Å²) in [6.07, 6.45) is 11.2.